The molecular formula is C13H20N2O2S. The lowest BCUT2D eigenvalue weighted by atomic mass is 9.90. The summed E-state index contributed by atoms with van der Waals surface area (Å²) in [5.74, 6) is 0. The zero-order chi connectivity index (χ0) is 13.2. The lowest BCUT2D eigenvalue weighted by Crippen LogP contribution is -2.35. The molecule has 0 spiro atoms. The lowest BCUT2D eigenvalue weighted by molar-refractivity contribution is 0.505. The van der Waals surface area contributed by atoms with Crippen LogP contribution < -0.4 is 4.72 Å². The van der Waals surface area contributed by atoms with Crippen LogP contribution in [0.25, 0.3) is 0 Å². The van der Waals surface area contributed by atoms with Gasteiger partial charge in [0.25, 0.3) is 10.2 Å². The fraction of sp³-hybridized carbons (Fsp3) is 0.538. The summed E-state index contributed by atoms with van der Waals surface area (Å²) in [6.45, 7) is 0.355. The molecule has 0 radical (unpaired) electrons. The van der Waals surface area contributed by atoms with Crippen molar-refractivity contribution < 1.29 is 8.42 Å². The normalized spacial score (nSPS) is 15.7. The summed E-state index contributed by atoms with van der Waals surface area (Å²) in [6, 6.07) is 6.28. The van der Waals surface area contributed by atoms with Crippen molar-refractivity contribution in [3.05, 3.63) is 34.9 Å². The van der Waals surface area contributed by atoms with Crippen molar-refractivity contribution in [2.24, 2.45) is 0 Å². The van der Waals surface area contributed by atoms with Crippen LogP contribution in [-0.2, 0) is 29.6 Å². The zero-order valence-electron chi connectivity index (χ0n) is 10.9. The van der Waals surface area contributed by atoms with Gasteiger partial charge in [-0.05, 0) is 42.4 Å². The Hall–Kier alpha value is -0.910. The highest BCUT2D eigenvalue weighted by Gasteiger charge is 2.13. The predicted octanol–water partition coefficient (Wildman–Crippen LogP) is 1.46. The number of aryl methyl sites for hydroxylation is 2. The van der Waals surface area contributed by atoms with Crippen LogP contribution in [0, 0.1) is 0 Å². The van der Waals surface area contributed by atoms with Crippen molar-refractivity contribution in [1.29, 1.82) is 0 Å². The molecule has 0 aliphatic heterocycles. The van der Waals surface area contributed by atoms with Crippen molar-refractivity contribution in [1.82, 2.24) is 9.03 Å². The van der Waals surface area contributed by atoms with Gasteiger partial charge in [-0.2, -0.15) is 17.4 Å². The van der Waals surface area contributed by atoms with E-state index in [1.807, 2.05) is 6.07 Å². The first-order valence-electron chi connectivity index (χ1n) is 6.27. The van der Waals surface area contributed by atoms with Crippen molar-refractivity contribution >= 4 is 10.2 Å². The van der Waals surface area contributed by atoms with Gasteiger partial charge in [0.05, 0.1) is 0 Å². The van der Waals surface area contributed by atoms with Crippen LogP contribution in [0.1, 0.15) is 29.5 Å². The molecule has 0 saturated heterocycles. The average molecular weight is 268 g/mol. The van der Waals surface area contributed by atoms with Crippen molar-refractivity contribution in [2.45, 2.75) is 32.2 Å². The van der Waals surface area contributed by atoms with E-state index in [2.05, 4.69) is 16.9 Å². The van der Waals surface area contributed by atoms with Crippen LogP contribution in [0.5, 0.6) is 0 Å². The van der Waals surface area contributed by atoms with Gasteiger partial charge in [-0.15, -0.1) is 0 Å². The molecule has 1 N–H and O–H groups in total. The third-order valence-electron chi connectivity index (χ3n) is 3.35. The Morgan fingerprint density at radius 3 is 2.50 bits per heavy atom. The van der Waals surface area contributed by atoms with E-state index >= 15 is 0 Å². The van der Waals surface area contributed by atoms with E-state index in [-0.39, 0.29) is 0 Å². The minimum absolute atomic E-state index is 0.355. The molecule has 1 aliphatic carbocycles. The molecule has 1 aromatic rings. The van der Waals surface area contributed by atoms with Crippen molar-refractivity contribution in [3.63, 3.8) is 0 Å². The number of nitrogens with one attached hydrogen (secondary N) is 1. The maximum absolute atomic E-state index is 11.6. The second kappa shape index (κ2) is 5.38. The maximum Gasteiger partial charge on any atom is 0.279 e. The topological polar surface area (TPSA) is 49.4 Å². The standard InChI is InChI=1S/C13H20N2O2S/c1-15(2)18(16,17)14-10-11-7-8-12-5-3-4-6-13(12)9-11/h7-9,14H,3-6,10H2,1-2H3. The van der Waals surface area contributed by atoms with E-state index in [4.69, 9.17) is 0 Å². The number of hydrogen-bond acceptors (Lipinski definition) is 2. The summed E-state index contributed by atoms with van der Waals surface area (Å²) in [5.41, 5.74) is 3.82. The van der Waals surface area contributed by atoms with Gasteiger partial charge in [-0.1, -0.05) is 18.2 Å². The third kappa shape index (κ3) is 3.10. The summed E-state index contributed by atoms with van der Waals surface area (Å²) in [6.07, 6.45) is 4.77. The van der Waals surface area contributed by atoms with E-state index in [0.717, 1.165) is 18.4 Å². The minimum atomic E-state index is -3.33. The van der Waals surface area contributed by atoms with Crippen LogP contribution in [0.3, 0.4) is 0 Å². The van der Waals surface area contributed by atoms with E-state index in [9.17, 15) is 8.42 Å². The van der Waals surface area contributed by atoms with Gasteiger partial charge in [-0.3, -0.25) is 0 Å². The third-order valence-corrected chi connectivity index (χ3v) is 4.82. The van der Waals surface area contributed by atoms with Crippen LogP contribution in [0.2, 0.25) is 0 Å². The minimum Gasteiger partial charge on any atom is -0.198 e. The summed E-state index contributed by atoms with van der Waals surface area (Å²) >= 11 is 0. The van der Waals surface area contributed by atoms with E-state index < -0.39 is 10.2 Å². The van der Waals surface area contributed by atoms with Gasteiger partial charge in [0.1, 0.15) is 0 Å². The largest absolute Gasteiger partial charge is 0.279 e. The molecular weight excluding hydrogens is 248 g/mol. The van der Waals surface area contributed by atoms with E-state index in [1.54, 1.807) is 0 Å². The molecule has 1 aliphatic rings. The Balaban J connectivity index is 2.07. The predicted molar refractivity (Wildman–Crippen MR) is 72.5 cm³/mol. The number of fused-ring (bicyclic) bond motifs is 1. The van der Waals surface area contributed by atoms with E-state index in [1.165, 1.54) is 42.4 Å². The quantitative estimate of drug-likeness (QED) is 0.899. The molecule has 0 fully saturated rings. The Morgan fingerprint density at radius 1 is 1.17 bits per heavy atom. The van der Waals surface area contributed by atoms with E-state index in [0.29, 0.717) is 6.54 Å². The molecule has 18 heavy (non-hydrogen) atoms. The van der Waals surface area contributed by atoms with Gasteiger partial charge in [0.2, 0.25) is 0 Å². The summed E-state index contributed by atoms with van der Waals surface area (Å²) in [5, 5.41) is 0. The number of nitrogens with zero attached hydrogens (tertiary/aromatic N) is 1. The first-order valence-corrected chi connectivity index (χ1v) is 7.71. The SMILES string of the molecule is CN(C)S(=O)(=O)NCc1ccc2c(c1)CCCC2. The molecule has 0 atom stereocenters. The molecule has 2 rings (SSSR count). The Bertz CT molecular complexity index is 524. The second-order valence-corrected chi connectivity index (χ2v) is 6.89. The van der Waals surface area contributed by atoms with Gasteiger partial charge in [0.15, 0.2) is 0 Å². The summed E-state index contributed by atoms with van der Waals surface area (Å²) in [4.78, 5) is 0. The fourth-order valence-corrected chi connectivity index (χ4v) is 2.81. The van der Waals surface area contributed by atoms with Crippen LogP contribution in [-0.4, -0.2) is 26.8 Å². The molecule has 1 aromatic carbocycles. The van der Waals surface area contributed by atoms with Crippen LogP contribution >= 0.6 is 0 Å². The Morgan fingerprint density at radius 2 is 1.83 bits per heavy atom. The monoisotopic (exact) mass is 268 g/mol. The lowest BCUT2D eigenvalue weighted by Gasteiger charge is -2.17. The van der Waals surface area contributed by atoms with Crippen LogP contribution in [0.15, 0.2) is 18.2 Å². The van der Waals surface area contributed by atoms with Gasteiger partial charge in [-0.25, -0.2) is 0 Å². The number of rotatable bonds is 4. The summed E-state index contributed by atoms with van der Waals surface area (Å²) in [7, 11) is -0.288. The highest BCUT2D eigenvalue weighted by atomic mass is 32.2. The van der Waals surface area contributed by atoms with Gasteiger partial charge in [0, 0.05) is 20.6 Å². The molecule has 0 heterocycles. The van der Waals surface area contributed by atoms with Crippen molar-refractivity contribution in [3.8, 4) is 0 Å². The molecule has 0 unspecified atom stereocenters. The first kappa shape index (κ1) is 13.5. The molecule has 0 saturated carbocycles. The highest BCUT2D eigenvalue weighted by Crippen LogP contribution is 2.22. The number of benzene rings is 1. The second-order valence-electron chi connectivity index (χ2n) is 4.92. The molecule has 0 aromatic heterocycles. The maximum atomic E-state index is 11.6. The zero-order valence-corrected chi connectivity index (χ0v) is 11.8. The molecule has 0 bridgehead atoms. The molecule has 0 amide bonds. The Kier molecular flexibility index (Phi) is 4.04. The Labute approximate surface area is 109 Å². The van der Waals surface area contributed by atoms with Gasteiger partial charge >= 0.3 is 0 Å². The summed E-state index contributed by atoms with van der Waals surface area (Å²) < 4.78 is 27.0. The fourth-order valence-electron chi connectivity index (χ4n) is 2.20. The molecule has 5 heteroatoms. The highest BCUT2D eigenvalue weighted by molar-refractivity contribution is 7.87. The molecule has 100 valence electrons. The smallest absolute Gasteiger partial charge is 0.198 e. The van der Waals surface area contributed by atoms with Crippen LogP contribution in [0.4, 0.5) is 0 Å². The average Bonchev–Trinajstić information content (AvgIpc) is 2.36. The van der Waals surface area contributed by atoms with Crippen molar-refractivity contribution in [2.75, 3.05) is 14.1 Å². The van der Waals surface area contributed by atoms with Gasteiger partial charge < -0.3 is 0 Å². The number of hydrogen-bond donors (Lipinski definition) is 1. The molecule has 4 nitrogen and oxygen atoms in total. The first-order chi connectivity index (χ1) is 8.49.